The zero-order chi connectivity index (χ0) is 22.4. The van der Waals surface area contributed by atoms with Crippen LogP contribution in [-0.4, -0.2) is 26.4 Å². The number of nitrogens with zero attached hydrogens (tertiary/aromatic N) is 3. The third-order valence-corrected chi connectivity index (χ3v) is 6.49. The number of allylic oxidation sites excluding steroid dienone is 1. The molecular weight excluding hydrogens is 544 g/mol. The second-order valence-electron chi connectivity index (χ2n) is 6.84. The first kappa shape index (κ1) is 23.6. The van der Waals surface area contributed by atoms with Crippen LogP contribution in [0, 0.1) is 13.8 Å². The number of aromatic nitrogens is 3. The molecule has 162 valence electrons. The van der Waals surface area contributed by atoms with E-state index in [0.29, 0.717) is 23.2 Å². The minimum atomic E-state index is -0.138. The zero-order valence-electron chi connectivity index (χ0n) is 17.2. The molecule has 1 aromatic heterocycles. The average Bonchev–Trinajstić information content (AvgIpc) is 3.10. The van der Waals surface area contributed by atoms with Crippen LogP contribution in [0.15, 0.2) is 63.2 Å². The van der Waals surface area contributed by atoms with Gasteiger partial charge < -0.3 is 10.1 Å². The Labute approximate surface area is 202 Å². The Morgan fingerprint density at radius 3 is 2.48 bits per heavy atom. The van der Waals surface area contributed by atoms with E-state index >= 15 is 0 Å². The van der Waals surface area contributed by atoms with Gasteiger partial charge in [0, 0.05) is 15.5 Å². The summed E-state index contributed by atoms with van der Waals surface area (Å²) in [7, 11) is 0. The monoisotopic (exact) mass is 564 g/mol. The number of aryl methyl sites for hydroxylation is 2. The summed E-state index contributed by atoms with van der Waals surface area (Å²) in [4.78, 5) is 12.5. The second kappa shape index (κ2) is 11.0. The zero-order valence-corrected chi connectivity index (χ0v) is 21.2. The lowest BCUT2D eigenvalue weighted by Crippen LogP contribution is -2.16. The molecule has 3 aromatic rings. The van der Waals surface area contributed by atoms with Crippen molar-refractivity contribution in [2.45, 2.75) is 32.2 Å². The minimum Gasteiger partial charge on any atom is -0.486 e. The van der Waals surface area contributed by atoms with Crippen molar-refractivity contribution in [1.82, 2.24) is 14.8 Å². The van der Waals surface area contributed by atoms with Gasteiger partial charge in [0.15, 0.2) is 11.0 Å². The van der Waals surface area contributed by atoms with E-state index in [-0.39, 0.29) is 18.3 Å². The maximum absolute atomic E-state index is 12.5. The van der Waals surface area contributed by atoms with E-state index < -0.39 is 0 Å². The number of anilines is 1. The van der Waals surface area contributed by atoms with E-state index in [1.165, 1.54) is 17.3 Å². The van der Waals surface area contributed by atoms with Crippen LogP contribution < -0.4 is 10.1 Å². The third kappa shape index (κ3) is 6.44. The molecule has 9 heteroatoms. The molecule has 0 aliphatic carbocycles. The number of hydrogen-bond donors (Lipinski definition) is 1. The molecule has 1 amide bonds. The topological polar surface area (TPSA) is 69.0 Å². The molecule has 3 rings (SSSR count). The Morgan fingerprint density at radius 2 is 1.84 bits per heavy atom. The van der Waals surface area contributed by atoms with Gasteiger partial charge in [-0.3, -0.25) is 9.36 Å². The summed E-state index contributed by atoms with van der Waals surface area (Å²) in [5.74, 6) is 1.50. The van der Waals surface area contributed by atoms with Crippen molar-refractivity contribution in [2.24, 2.45) is 0 Å². The van der Waals surface area contributed by atoms with E-state index in [1.807, 2.05) is 54.8 Å². The predicted molar refractivity (Wildman–Crippen MR) is 132 cm³/mol. The molecule has 0 aliphatic heterocycles. The number of ether oxygens (including phenoxy) is 1. The number of halogens is 2. The highest BCUT2D eigenvalue weighted by Gasteiger charge is 2.16. The van der Waals surface area contributed by atoms with Crippen LogP contribution in [-0.2, 0) is 17.9 Å². The van der Waals surface area contributed by atoms with Crippen LogP contribution >= 0.6 is 43.6 Å². The maximum atomic E-state index is 12.5. The number of nitrogens with one attached hydrogen (secondary N) is 1. The van der Waals surface area contributed by atoms with Crippen LogP contribution in [0.3, 0.4) is 0 Å². The largest absolute Gasteiger partial charge is 0.486 e. The first-order valence-corrected chi connectivity index (χ1v) is 12.0. The Balaban J connectivity index is 1.64. The lowest BCUT2D eigenvalue weighted by atomic mass is 10.2. The third-order valence-electron chi connectivity index (χ3n) is 4.28. The van der Waals surface area contributed by atoms with Crippen LogP contribution in [0.5, 0.6) is 5.75 Å². The van der Waals surface area contributed by atoms with Crippen LogP contribution in [0.2, 0.25) is 0 Å². The van der Waals surface area contributed by atoms with Crippen LogP contribution in [0.4, 0.5) is 5.69 Å². The summed E-state index contributed by atoms with van der Waals surface area (Å²) >= 11 is 8.31. The van der Waals surface area contributed by atoms with Crippen molar-refractivity contribution in [3.05, 3.63) is 74.9 Å². The Morgan fingerprint density at radius 1 is 1.16 bits per heavy atom. The van der Waals surface area contributed by atoms with E-state index in [0.717, 1.165) is 20.3 Å². The number of carbonyl (C=O) groups excluding carboxylic acids is 1. The van der Waals surface area contributed by atoms with Gasteiger partial charge in [0.1, 0.15) is 12.4 Å². The molecule has 2 aromatic carbocycles. The molecule has 1 N–H and O–H groups in total. The van der Waals surface area contributed by atoms with Gasteiger partial charge >= 0.3 is 0 Å². The smallest absolute Gasteiger partial charge is 0.234 e. The number of rotatable bonds is 9. The van der Waals surface area contributed by atoms with Crippen LogP contribution in [0.25, 0.3) is 0 Å². The lowest BCUT2D eigenvalue weighted by Gasteiger charge is -2.11. The summed E-state index contributed by atoms with van der Waals surface area (Å²) in [5, 5.41) is 12.0. The van der Waals surface area contributed by atoms with Gasteiger partial charge in [0.25, 0.3) is 0 Å². The quantitative estimate of drug-likeness (QED) is 0.258. The molecule has 0 saturated carbocycles. The van der Waals surface area contributed by atoms with E-state index in [2.05, 4.69) is 54.0 Å². The van der Waals surface area contributed by atoms with Gasteiger partial charge in [-0.1, -0.05) is 35.5 Å². The number of benzene rings is 2. The molecule has 0 aliphatic rings. The first-order chi connectivity index (χ1) is 14.9. The molecule has 0 saturated heterocycles. The van der Waals surface area contributed by atoms with Gasteiger partial charge in [0.2, 0.25) is 5.91 Å². The van der Waals surface area contributed by atoms with Gasteiger partial charge in [-0.05, 0) is 75.5 Å². The van der Waals surface area contributed by atoms with Crippen molar-refractivity contribution in [1.29, 1.82) is 0 Å². The predicted octanol–water partition coefficient (Wildman–Crippen LogP) is 5.92. The minimum absolute atomic E-state index is 0.138. The fourth-order valence-corrected chi connectivity index (χ4v) is 5.13. The van der Waals surface area contributed by atoms with Gasteiger partial charge in [-0.15, -0.1) is 16.8 Å². The summed E-state index contributed by atoms with van der Waals surface area (Å²) in [5.41, 5.74) is 2.96. The molecule has 31 heavy (non-hydrogen) atoms. The van der Waals surface area contributed by atoms with Crippen molar-refractivity contribution in [3.63, 3.8) is 0 Å². The van der Waals surface area contributed by atoms with Crippen molar-refractivity contribution in [2.75, 3.05) is 11.1 Å². The lowest BCUT2D eigenvalue weighted by molar-refractivity contribution is -0.113. The number of thioether (sulfide) groups is 1. The maximum Gasteiger partial charge on any atom is 0.234 e. The fraction of sp³-hybridized carbons (Fsp3) is 0.227. The normalized spacial score (nSPS) is 10.7. The van der Waals surface area contributed by atoms with Gasteiger partial charge in [-0.2, -0.15) is 0 Å². The highest BCUT2D eigenvalue weighted by Crippen LogP contribution is 2.32. The Kier molecular flexibility index (Phi) is 8.34. The Hall–Kier alpha value is -2.10. The SMILES string of the molecule is C=CCn1c(COc2ccc(C)cc2)nnc1SCC(=O)Nc1c(Br)cc(C)cc1Br. The molecular formula is C22H22Br2N4O2S. The summed E-state index contributed by atoms with van der Waals surface area (Å²) in [6.45, 7) is 8.63. The summed E-state index contributed by atoms with van der Waals surface area (Å²) < 4.78 is 9.38. The number of hydrogen-bond acceptors (Lipinski definition) is 5. The van der Waals surface area contributed by atoms with E-state index in [4.69, 9.17) is 4.74 Å². The van der Waals surface area contributed by atoms with Gasteiger partial charge in [0.05, 0.1) is 11.4 Å². The molecule has 1 heterocycles. The molecule has 6 nitrogen and oxygen atoms in total. The van der Waals surface area contributed by atoms with Crippen molar-refractivity contribution in [3.8, 4) is 5.75 Å². The molecule has 0 radical (unpaired) electrons. The van der Waals surface area contributed by atoms with Crippen LogP contribution in [0.1, 0.15) is 17.0 Å². The van der Waals surface area contributed by atoms with E-state index in [9.17, 15) is 4.79 Å². The number of carbonyl (C=O) groups is 1. The van der Waals surface area contributed by atoms with Crippen molar-refractivity contribution < 1.29 is 9.53 Å². The molecule has 0 unspecified atom stereocenters. The number of amides is 1. The molecule has 0 atom stereocenters. The average molecular weight is 566 g/mol. The highest BCUT2D eigenvalue weighted by atomic mass is 79.9. The molecule has 0 bridgehead atoms. The van der Waals surface area contributed by atoms with Gasteiger partial charge in [-0.25, -0.2) is 0 Å². The molecule has 0 spiro atoms. The highest BCUT2D eigenvalue weighted by molar-refractivity contribution is 9.11. The van der Waals surface area contributed by atoms with Crippen molar-refractivity contribution >= 4 is 55.2 Å². The Bertz CT molecular complexity index is 1060. The molecule has 0 fully saturated rings. The standard InChI is InChI=1S/C22H22Br2N4O2S/c1-4-9-28-19(12-30-16-7-5-14(2)6-8-16)26-27-22(28)31-13-20(29)25-21-17(23)10-15(3)11-18(21)24/h4-8,10-11H,1,9,12-13H2,2-3H3,(H,25,29). The van der Waals surface area contributed by atoms with E-state index in [1.54, 1.807) is 6.08 Å². The summed E-state index contributed by atoms with van der Waals surface area (Å²) in [6, 6.07) is 11.7. The first-order valence-electron chi connectivity index (χ1n) is 9.48. The second-order valence-corrected chi connectivity index (χ2v) is 9.49. The fourth-order valence-electron chi connectivity index (χ4n) is 2.75. The summed E-state index contributed by atoms with van der Waals surface area (Å²) in [6.07, 6.45) is 1.77.